The van der Waals surface area contributed by atoms with Crippen LogP contribution in [0.2, 0.25) is 0 Å². The molecule has 1 N–H and O–H groups in total. The highest BCUT2D eigenvalue weighted by Gasteiger charge is 2.15. The lowest BCUT2D eigenvalue weighted by Gasteiger charge is -2.13. The lowest BCUT2D eigenvalue weighted by molar-refractivity contribution is 0.0911. The van der Waals surface area contributed by atoms with E-state index in [9.17, 15) is 9.18 Å². The van der Waals surface area contributed by atoms with Gasteiger partial charge in [-0.05, 0) is 23.6 Å². The molecule has 0 aliphatic heterocycles. The molecule has 2 rings (SSSR count). The van der Waals surface area contributed by atoms with Gasteiger partial charge in [-0.3, -0.25) is 4.79 Å². The zero-order chi connectivity index (χ0) is 13.8. The first-order valence-electron chi connectivity index (χ1n) is 5.69. The van der Waals surface area contributed by atoms with Gasteiger partial charge in [0.05, 0.1) is 17.5 Å². The minimum absolute atomic E-state index is 0.218. The summed E-state index contributed by atoms with van der Waals surface area (Å²) in [7, 11) is 1.55. The highest BCUT2D eigenvalue weighted by atomic mass is 35.5. The molecular formula is C13H13ClFNO2S. The molecule has 2 aromatic rings. The van der Waals surface area contributed by atoms with Gasteiger partial charge >= 0.3 is 0 Å². The second-order valence-electron chi connectivity index (χ2n) is 4.07. The smallest absolute Gasteiger partial charge is 0.261 e. The van der Waals surface area contributed by atoms with Gasteiger partial charge in [0.2, 0.25) is 0 Å². The second-order valence-corrected chi connectivity index (χ2v) is 5.47. The van der Waals surface area contributed by atoms with E-state index < -0.39 is 0 Å². The first-order valence-corrected chi connectivity index (χ1v) is 7.04. The van der Waals surface area contributed by atoms with E-state index in [-0.39, 0.29) is 23.6 Å². The molecule has 1 aromatic heterocycles. The molecule has 3 nitrogen and oxygen atoms in total. The molecule has 6 heteroatoms. The number of amides is 1. The fourth-order valence-corrected chi connectivity index (χ4v) is 2.86. The number of carbonyl (C=O) groups excluding carboxylic acids is 1. The van der Waals surface area contributed by atoms with Gasteiger partial charge in [0.1, 0.15) is 5.82 Å². The van der Waals surface area contributed by atoms with Crippen LogP contribution >= 0.6 is 22.9 Å². The van der Waals surface area contributed by atoms with E-state index in [4.69, 9.17) is 16.3 Å². The van der Waals surface area contributed by atoms with Crippen LogP contribution in [0.4, 0.5) is 4.39 Å². The summed E-state index contributed by atoms with van der Waals surface area (Å²) in [5, 5.41) is 3.63. The summed E-state index contributed by atoms with van der Waals surface area (Å²) in [6, 6.07) is 5.97. The predicted octanol–water partition coefficient (Wildman–Crippen LogP) is 3.02. The molecular weight excluding hydrogens is 289 g/mol. The molecule has 0 bridgehead atoms. The van der Waals surface area contributed by atoms with Crippen molar-refractivity contribution in [3.63, 3.8) is 0 Å². The van der Waals surface area contributed by atoms with Gasteiger partial charge in [0.25, 0.3) is 5.91 Å². The molecule has 1 atom stereocenters. The Balaban J connectivity index is 2.17. The normalized spacial score (nSPS) is 12.6. The molecule has 0 saturated heterocycles. The quantitative estimate of drug-likeness (QED) is 0.862. The van der Waals surface area contributed by atoms with E-state index >= 15 is 0 Å². The lowest BCUT2D eigenvalue weighted by atomic mass is 10.2. The molecule has 0 aliphatic rings. The minimum Gasteiger partial charge on any atom is -0.383 e. The first kappa shape index (κ1) is 14.2. The number of thiophene rings is 1. The Kier molecular flexibility index (Phi) is 4.74. The third-order valence-electron chi connectivity index (χ3n) is 2.60. The Morgan fingerprint density at radius 3 is 3.00 bits per heavy atom. The molecule has 1 aromatic carbocycles. The number of benzene rings is 1. The third kappa shape index (κ3) is 3.43. The molecule has 0 saturated carbocycles. The number of rotatable bonds is 5. The van der Waals surface area contributed by atoms with Crippen molar-refractivity contribution in [1.82, 2.24) is 5.32 Å². The van der Waals surface area contributed by atoms with Crippen molar-refractivity contribution in [3.05, 3.63) is 35.0 Å². The fourth-order valence-electron chi connectivity index (χ4n) is 1.70. The third-order valence-corrected chi connectivity index (χ3v) is 4.06. The number of methoxy groups -OCH3 is 1. The Labute approximate surface area is 119 Å². The first-order chi connectivity index (χ1) is 9.13. The van der Waals surface area contributed by atoms with Gasteiger partial charge < -0.3 is 10.1 Å². The van der Waals surface area contributed by atoms with Crippen LogP contribution in [0.3, 0.4) is 0 Å². The number of hydrogen-bond acceptors (Lipinski definition) is 3. The molecule has 0 aliphatic carbocycles. The van der Waals surface area contributed by atoms with E-state index in [0.29, 0.717) is 11.5 Å². The second kappa shape index (κ2) is 6.32. The highest BCUT2D eigenvalue weighted by molar-refractivity contribution is 7.20. The number of nitrogens with one attached hydrogen (secondary N) is 1. The lowest BCUT2D eigenvalue weighted by Crippen LogP contribution is -2.39. The standard InChI is InChI=1S/C13H13ClFNO2S/c1-18-7-10(6-14)16-13(17)12-4-8-2-3-9(15)5-11(8)19-12/h2-5,10H,6-7H2,1H3,(H,16,17). The summed E-state index contributed by atoms with van der Waals surface area (Å²) in [5.41, 5.74) is 0. The van der Waals surface area contributed by atoms with E-state index in [0.717, 1.165) is 10.1 Å². The molecule has 0 fully saturated rings. The largest absolute Gasteiger partial charge is 0.383 e. The van der Waals surface area contributed by atoms with Gasteiger partial charge in [-0.2, -0.15) is 0 Å². The van der Waals surface area contributed by atoms with E-state index in [1.54, 1.807) is 19.2 Å². The van der Waals surface area contributed by atoms with Crippen LogP contribution in [-0.2, 0) is 4.74 Å². The number of carbonyl (C=O) groups is 1. The summed E-state index contributed by atoms with van der Waals surface area (Å²) < 4.78 is 18.8. The highest BCUT2D eigenvalue weighted by Crippen LogP contribution is 2.26. The zero-order valence-electron chi connectivity index (χ0n) is 10.3. The van der Waals surface area contributed by atoms with Crippen molar-refractivity contribution in [3.8, 4) is 0 Å². The predicted molar refractivity (Wildman–Crippen MR) is 75.6 cm³/mol. The number of fused-ring (bicyclic) bond motifs is 1. The molecule has 0 spiro atoms. The van der Waals surface area contributed by atoms with Gasteiger partial charge in [0, 0.05) is 17.7 Å². The van der Waals surface area contributed by atoms with Gasteiger partial charge in [-0.15, -0.1) is 22.9 Å². The fraction of sp³-hybridized carbons (Fsp3) is 0.308. The Morgan fingerprint density at radius 2 is 2.32 bits per heavy atom. The average molecular weight is 302 g/mol. The summed E-state index contributed by atoms with van der Waals surface area (Å²) in [6.45, 7) is 0.356. The average Bonchev–Trinajstić information content (AvgIpc) is 2.81. The topological polar surface area (TPSA) is 38.3 Å². The molecule has 1 unspecified atom stereocenters. The van der Waals surface area contributed by atoms with E-state index in [2.05, 4.69) is 5.32 Å². The SMILES string of the molecule is COCC(CCl)NC(=O)c1cc2ccc(F)cc2s1. The van der Waals surface area contributed by atoms with Crippen molar-refractivity contribution >= 4 is 38.9 Å². The molecule has 1 amide bonds. The van der Waals surface area contributed by atoms with Crippen LogP contribution in [0.5, 0.6) is 0 Å². The summed E-state index contributed by atoms with van der Waals surface area (Å²) in [5.74, 6) is -0.248. The van der Waals surface area contributed by atoms with Crippen molar-refractivity contribution in [2.45, 2.75) is 6.04 Å². The van der Waals surface area contributed by atoms with Crippen molar-refractivity contribution in [2.75, 3.05) is 19.6 Å². The minimum atomic E-state index is -0.306. The van der Waals surface area contributed by atoms with Crippen LogP contribution < -0.4 is 5.32 Å². The maximum Gasteiger partial charge on any atom is 0.261 e. The summed E-state index contributed by atoms with van der Waals surface area (Å²) in [6.07, 6.45) is 0. The monoisotopic (exact) mass is 301 g/mol. The van der Waals surface area contributed by atoms with E-state index in [1.807, 2.05) is 0 Å². The Bertz CT molecular complexity index is 587. The molecule has 0 radical (unpaired) electrons. The molecule has 1 heterocycles. The van der Waals surface area contributed by atoms with Gasteiger partial charge in [-0.25, -0.2) is 4.39 Å². The van der Waals surface area contributed by atoms with Crippen LogP contribution in [0.1, 0.15) is 9.67 Å². The molecule has 19 heavy (non-hydrogen) atoms. The molecule has 102 valence electrons. The number of alkyl halides is 1. The van der Waals surface area contributed by atoms with Crippen molar-refractivity contribution < 1.29 is 13.9 Å². The van der Waals surface area contributed by atoms with Crippen LogP contribution in [0.25, 0.3) is 10.1 Å². The zero-order valence-corrected chi connectivity index (χ0v) is 11.9. The van der Waals surface area contributed by atoms with Crippen LogP contribution in [0, 0.1) is 5.82 Å². The number of halogens is 2. The maximum atomic E-state index is 13.1. The van der Waals surface area contributed by atoms with Gasteiger partial charge in [-0.1, -0.05) is 6.07 Å². The van der Waals surface area contributed by atoms with Crippen molar-refractivity contribution in [1.29, 1.82) is 0 Å². The van der Waals surface area contributed by atoms with Gasteiger partial charge in [0.15, 0.2) is 0 Å². The Morgan fingerprint density at radius 1 is 1.53 bits per heavy atom. The number of ether oxygens (including phenoxy) is 1. The summed E-state index contributed by atoms with van der Waals surface area (Å²) in [4.78, 5) is 12.6. The van der Waals surface area contributed by atoms with E-state index in [1.165, 1.54) is 23.5 Å². The van der Waals surface area contributed by atoms with Crippen molar-refractivity contribution in [2.24, 2.45) is 0 Å². The summed E-state index contributed by atoms with van der Waals surface area (Å²) >= 11 is 6.99. The van der Waals surface area contributed by atoms with Crippen LogP contribution in [0.15, 0.2) is 24.3 Å². The Hall–Kier alpha value is -1.17. The number of hydrogen-bond donors (Lipinski definition) is 1. The van der Waals surface area contributed by atoms with Crippen LogP contribution in [-0.4, -0.2) is 31.5 Å². The maximum absolute atomic E-state index is 13.1.